The number of nitriles is 1. The molecule has 2 aliphatic carbocycles. The highest BCUT2D eigenvalue weighted by atomic mass is 16.2. The van der Waals surface area contributed by atoms with E-state index in [1.165, 1.54) is 25.7 Å². The first-order valence-electron chi connectivity index (χ1n) is 6.87. The Morgan fingerprint density at radius 2 is 2.00 bits per heavy atom. The van der Waals surface area contributed by atoms with Gasteiger partial charge in [0.15, 0.2) is 0 Å². The molecule has 0 saturated heterocycles. The molecule has 2 saturated carbocycles. The molecule has 0 radical (unpaired) electrons. The number of rotatable bonds is 4. The normalized spacial score (nSPS) is 32.2. The Hall–Kier alpha value is -1.04. The molecular formula is C14H22N2O. The number of carbonyl (C=O) groups is 1. The lowest BCUT2D eigenvalue weighted by Gasteiger charge is -2.22. The zero-order valence-corrected chi connectivity index (χ0v) is 10.9. The van der Waals surface area contributed by atoms with Crippen LogP contribution in [0, 0.1) is 35.0 Å². The zero-order valence-electron chi connectivity index (χ0n) is 10.9. The van der Waals surface area contributed by atoms with Crippen molar-refractivity contribution in [1.29, 1.82) is 5.26 Å². The molecule has 3 nitrogen and oxygen atoms in total. The van der Waals surface area contributed by atoms with E-state index in [1.807, 2.05) is 18.7 Å². The predicted molar refractivity (Wildman–Crippen MR) is 66.0 cm³/mol. The molecule has 3 unspecified atom stereocenters. The number of carbonyl (C=O) groups excluding carboxylic acids is 1. The first-order valence-corrected chi connectivity index (χ1v) is 6.87. The van der Waals surface area contributed by atoms with Gasteiger partial charge in [-0.15, -0.1) is 0 Å². The second-order valence-corrected chi connectivity index (χ2v) is 5.54. The van der Waals surface area contributed by atoms with Crippen LogP contribution in [-0.2, 0) is 4.79 Å². The molecule has 0 heterocycles. The van der Waals surface area contributed by atoms with Crippen molar-refractivity contribution in [3.8, 4) is 6.07 Å². The van der Waals surface area contributed by atoms with Gasteiger partial charge in [-0.1, -0.05) is 12.8 Å². The first-order chi connectivity index (χ1) is 8.19. The molecule has 0 aromatic carbocycles. The molecule has 1 amide bonds. The molecule has 0 aromatic heterocycles. The van der Waals surface area contributed by atoms with E-state index in [0.717, 1.165) is 6.54 Å². The topological polar surface area (TPSA) is 44.1 Å². The summed E-state index contributed by atoms with van der Waals surface area (Å²) in [4.78, 5) is 14.3. The van der Waals surface area contributed by atoms with E-state index >= 15 is 0 Å². The number of amides is 1. The summed E-state index contributed by atoms with van der Waals surface area (Å²) in [6, 6.07) is 2.21. The second-order valence-electron chi connectivity index (χ2n) is 5.54. The molecule has 3 atom stereocenters. The van der Waals surface area contributed by atoms with Gasteiger partial charge in [0.1, 0.15) is 0 Å². The maximum Gasteiger partial charge on any atom is 0.226 e. The van der Waals surface area contributed by atoms with Crippen LogP contribution >= 0.6 is 0 Å². The molecule has 0 aromatic rings. The third-order valence-electron chi connectivity index (χ3n) is 4.35. The summed E-state index contributed by atoms with van der Waals surface area (Å²) in [5.41, 5.74) is 0. The van der Waals surface area contributed by atoms with E-state index in [1.54, 1.807) is 0 Å². The summed E-state index contributed by atoms with van der Waals surface area (Å²) in [6.45, 7) is 5.23. The van der Waals surface area contributed by atoms with Gasteiger partial charge in [0.05, 0.1) is 12.0 Å². The molecule has 2 aliphatic rings. The average Bonchev–Trinajstić information content (AvgIpc) is 3.09. The molecule has 0 bridgehead atoms. The SMILES string of the molecule is CCN(CC(C)C#N)C(=O)C1C2CCCCC21. The van der Waals surface area contributed by atoms with E-state index in [0.29, 0.717) is 30.2 Å². The Morgan fingerprint density at radius 1 is 1.41 bits per heavy atom. The molecule has 94 valence electrons. The molecule has 2 fully saturated rings. The summed E-state index contributed by atoms with van der Waals surface area (Å²) in [5, 5.41) is 8.83. The van der Waals surface area contributed by atoms with Gasteiger partial charge in [0, 0.05) is 19.0 Å². The van der Waals surface area contributed by atoms with Crippen molar-refractivity contribution in [2.75, 3.05) is 13.1 Å². The third-order valence-corrected chi connectivity index (χ3v) is 4.35. The Balaban J connectivity index is 1.92. The smallest absolute Gasteiger partial charge is 0.226 e. The number of fused-ring (bicyclic) bond motifs is 1. The second kappa shape index (κ2) is 5.08. The quantitative estimate of drug-likeness (QED) is 0.750. The molecule has 2 rings (SSSR count). The summed E-state index contributed by atoms with van der Waals surface area (Å²) in [5.74, 6) is 1.89. The van der Waals surface area contributed by atoms with Crippen molar-refractivity contribution in [2.45, 2.75) is 39.5 Å². The fraction of sp³-hybridized carbons (Fsp3) is 0.857. The van der Waals surface area contributed by atoms with Gasteiger partial charge in [0.25, 0.3) is 0 Å². The fourth-order valence-electron chi connectivity index (χ4n) is 3.32. The lowest BCUT2D eigenvalue weighted by Crippen LogP contribution is -2.36. The van der Waals surface area contributed by atoms with E-state index < -0.39 is 0 Å². The van der Waals surface area contributed by atoms with Crippen LogP contribution in [0.4, 0.5) is 0 Å². The fourth-order valence-corrected chi connectivity index (χ4v) is 3.32. The van der Waals surface area contributed by atoms with Crippen molar-refractivity contribution >= 4 is 5.91 Å². The number of hydrogen-bond acceptors (Lipinski definition) is 2. The van der Waals surface area contributed by atoms with Gasteiger partial charge in [-0.2, -0.15) is 5.26 Å². The van der Waals surface area contributed by atoms with Gasteiger partial charge >= 0.3 is 0 Å². The van der Waals surface area contributed by atoms with Crippen LogP contribution in [0.5, 0.6) is 0 Å². The highest BCUT2D eigenvalue weighted by molar-refractivity contribution is 5.82. The van der Waals surface area contributed by atoms with Gasteiger partial charge < -0.3 is 4.90 Å². The summed E-state index contributed by atoms with van der Waals surface area (Å²) in [7, 11) is 0. The van der Waals surface area contributed by atoms with E-state index in [9.17, 15) is 4.79 Å². The molecule has 17 heavy (non-hydrogen) atoms. The van der Waals surface area contributed by atoms with Gasteiger partial charge in [0.2, 0.25) is 5.91 Å². The minimum absolute atomic E-state index is 0.0559. The Kier molecular flexibility index (Phi) is 3.71. The molecule has 0 spiro atoms. The van der Waals surface area contributed by atoms with Crippen molar-refractivity contribution < 1.29 is 4.79 Å². The van der Waals surface area contributed by atoms with Crippen LogP contribution in [0.25, 0.3) is 0 Å². The van der Waals surface area contributed by atoms with Crippen molar-refractivity contribution in [2.24, 2.45) is 23.7 Å². The van der Waals surface area contributed by atoms with Gasteiger partial charge in [-0.3, -0.25) is 4.79 Å². The highest BCUT2D eigenvalue weighted by Crippen LogP contribution is 2.56. The monoisotopic (exact) mass is 234 g/mol. The molecule has 0 N–H and O–H groups in total. The van der Waals surface area contributed by atoms with Crippen molar-refractivity contribution in [3.05, 3.63) is 0 Å². The minimum Gasteiger partial charge on any atom is -0.341 e. The average molecular weight is 234 g/mol. The Labute approximate surface area is 104 Å². The third kappa shape index (κ3) is 2.46. The van der Waals surface area contributed by atoms with Gasteiger partial charge in [-0.05, 0) is 38.5 Å². The van der Waals surface area contributed by atoms with Crippen LogP contribution in [0.15, 0.2) is 0 Å². The lowest BCUT2D eigenvalue weighted by atomic mass is 10.0. The summed E-state index contributed by atoms with van der Waals surface area (Å²) >= 11 is 0. The number of nitrogens with zero attached hydrogens (tertiary/aromatic N) is 2. The first kappa shape index (κ1) is 12.4. The van der Waals surface area contributed by atoms with Crippen LogP contribution in [-0.4, -0.2) is 23.9 Å². The molecule has 0 aliphatic heterocycles. The maximum atomic E-state index is 12.4. The van der Waals surface area contributed by atoms with Crippen molar-refractivity contribution in [1.82, 2.24) is 4.90 Å². The Bertz CT molecular complexity index is 322. The minimum atomic E-state index is -0.0559. The summed E-state index contributed by atoms with van der Waals surface area (Å²) < 4.78 is 0. The molecular weight excluding hydrogens is 212 g/mol. The summed E-state index contributed by atoms with van der Waals surface area (Å²) in [6.07, 6.45) is 5.08. The largest absolute Gasteiger partial charge is 0.341 e. The maximum absolute atomic E-state index is 12.4. The zero-order chi connectivity index (χ0) is 12.4. The van der Waals surface area contributed by atoms with Gasteiger partial charge in [-0.25, -0.2) is 0 Å². The van der Waals surface area contributed by atoms with Crippen LogP contribution in [0.1, 0.15) is 39.5 Å². The Morgan fingerprint density at radius 3 is 2.47 bits per heavy atom. The van der Waals surface area contributed by atoms with Crippen LogP contribution < -0.4 is 0 Å². The van der Waals surface area contributed by atoms with Crippen LogP contribution in [0.3, 0.4) is 0 Å². The van der Waals surface area contributed by atoms with E-state index in [4.69, 9.17) is 5.26 Å². The van der Waals surface area contributed by atoms with Crippen LogP contribution in [0.2, 0.25) is 0 Å². The standard InChI is InChI=1S/C14H22N2O/c1-3-16(9-10(2)8-15)14(17)13-11-6-4-5-7-12(11)13/h10-13H,3-7,9H2,1-2H3. The highest BCUT2D eigenvalue weighted by Gasteiger charge is 2.55. The van der Waals surface area contributed by atoms with E-state index in [2.05, 4.69) is 6.07 Å². The van der Waals surface area contributed by atoms with E-state index in [-0.39, 0.29) is 5.92 Å². The lowest BCUT2D eigenvalue weighted by molar-refractivity contribution is -0.133. The van der Waals surface area contributed by atoms with Crippen molar-refractivity contribution in [3.63, 3.8) is 0 Å². The number of hydrogen-bond donors (Lipinski definition) is 0. The molecule has 3 heteroatoms. The predicted octanol–water partition coefficient (Wildman–Crippen LogP) is 2.43.